The molecule has 0 unspecified atom stereocenters. The summed E-state index contributed by atoms with van der Waals surface area (Å²) >= 11 is 0. The molecule has 6 heteroatoms. The first-order chi connectivity index (χ1) is 8.71. The number of rotatable bonds is 5. The fourth-order valence-corrected chi connectivity index (χ4v) is 1.61. The second-order valence-electron chi connectivity index (χ2n) is 4.03. The lowest BCUT2D eigenvalue weighted by Gasteiger charge is -2.04. The molecule has 2 heterocycles. The summed E-state index contributed by atoms with van der Waals surface area (Å²) in [7, 11) is 0. The lowest BCUT2D eigenvalue weighted by Crippen LogP contribution is -2.03. The Morgan fingerprint density at radius 2 is 2.22 bits per heavy atom. The van der Waals surface area contributed by atoms with Crippen molar-refractivity contribution in [1.82, 2.24) is 19.7 Å². The summed E-state index contributed by atoms with van der Waals surface area (Å²) in [5, 5.41) is 4.18. The van der Waals surface area contributed by atoms with E-state index >= 15 is 0 Å². The zero-order chi connectivity index (χ0) is 13.0. The van der Waals surface area contributed by atoms with Crippen LogP contribution in [-0.4, -0.2) is 19.7 Å². The number of nitrogens with two attached hydrogens (primary N) is 1. The Bertz CT molecular complexity index is 523. The molecule has 0 saturated carbocycles. The van der Waals surface area contributed by atoms with Crippen LogP contribution < -0.4 is 10.5 Å². The number of aromatic nitrogens is 4. The number of aryl methyl sites for hydroxylation is 2. The Kier molecular flexibility index (Phi) is 3.88. The fraction of sp³-hybridized carbons (Fsp3) is 0.417. The highest BCUT2D eigenvalue weighted by atomic mass is 16.5. The van der Waals surface area contributed by atoms with E-state index in [2.05, 4.69) is 22.0 Å². The second-order valence-corrected chi connectivity index (χ2v) is 4.03. The minimum Gasteiger partial charge on any atom is -0.421 e. The van der Waals surface area contributed by atoms with Crippen molar-refractivity contribution in [2.24, 2.45) is 5.73 Å². The molecule has 0 aliphatic heterocycles. The summed E-state index contributed by atoms with van der Waals surface area (Å²) in [6.07, 6.45) is 4.51. The summed E-state index contributed by atoms with van der Waals surface area (Å²) < 4.78 is 7.40. The number of hydrogen-bond acceptors (Lipinski definition) is 5. The van der Waals surface area contributed by atoms with Crippen molar-refractivity contribution in [2.45, 2.75) is 33.4 Å². The van der Waals surface area contributed by atoms with Crippen molar-refractivity contribution in [3.05, 3.63) is 29.8 Å². The van der Waals surface area contributed by atoms with Gasteiger partial charge in [-0.2, -0.15) is 10.1 Å². The van der Waals surface area contributed by atoms with Gasteiger partial charge in [-0.05, 0) is 19.4 Å². The van der Waals surface area contributed by atoms with Crippen LogP contribution in [0.3, 0.4) is 0 Å². The van der Waals surface area contributed by atoms with E-state index in [1.807, 2.05) is 23.9 Å². The van der Waals surface area contributed by atoms with E-state index in [1.165, 1.54) is 0 Å². The zero-order valence-electron chi connectivity index (χ0n) is 10.6. The van der Waals surface area contributed by atoms with Crippen LogP contribution in [0.1, 0.15) is 24.7 Å². The van der Waals surface area contributed by atoms with Gasteiger partial charge in [-0.15, -0.1) is 0 Å². The van der Waals surface area contributed by atoms with Crippen molar-refractivity contribution in [3.8, 4) is 11.8 Å². The molecule has 0 saturated heterocycles. The summed E-state index contributed by atoms with van der Waals surface area (Å²) in [5.74, 6) is 0.636. The maximum atomic E-state index is 5.57. The molecule has 2 rings (SSSR count). The maximum absolute atomic E-state index is 5.57. The van der Waals surface area contributed by atoms with Crippen molar-refractivity contribution < 1.29 is 4.74 Å². The van der Waals surface area contributed by atoms with Crippen LogP contribution >= 0.6 is 0 Å². The molecular formula is C12H17N5O. The van der Waals surface area contributed by atoms with Crippen LogP contribution in [-0.2, 0) is 13.1 Å². The van der Waals surface area contributed by atoms with E-state index in [1.54, 1.807) is 6.20 Å². The average molecular weight is 247 g/mol. The average Bonchev–Trinajstić information content (AvgIpc) is 2.76. The molecule has 0 spiro atoms. The van der Waals surface area contributed by atoms with Crippen LogP contribution in [0.5, 0.6) is 11.8 Å². The van der Waals surface area contributed by atoms with Crippen LogP contribution in [0.25, 0.3) is 0 Å². The third-order valence-corrected chi connectivity index (χ3v) is 2.37. The molecule has 0 aliphatic rings. The van der Waals surface area contributed by atoms with Gasteiger partial charge in [0.05, 0.1) is 18.1 Å². The summed E-state index contributed by atoms with van der Waals surface area (Å²) in [4.78, 5) is 8.41. The van der Waals surface area contributed by atoms with Gasteiger partial charge in [0, 0.05) is 18.8 Å². The molecule has 0 bridgehead atoms. The van der Waals surface area contributed by atoms with Gasteiger partial charge < -0.3 is 10.5 Å². The van der Waals surface area contributed by atoms with Crippen molar-refractivity contribution in [1.29, 1.82) is 0 Å². The number of hydrogen-bond donors (Lipinski definition) is 1. The third-order valence-electron chi connectivity index (χ3n) is 2.37. The Labute approximate surface area is 106 Å². The van der Waals surface area contributed by atoms with E-state index in [4.69, 9.17) is 10.5 Å². The quantitative estimate of drug-likeness (QED) is 0.869. The predicted octanol–water partition coefficient (Wildman–Crippen LogP) is 1.64. The normalized spacial score (nSPS) is 10.6. The van der Waals surface area contributed by atoms with Crippen LogP contribution in [0.15, 0.2) is 18.5 Å². The molecular weight excluding hydrogens is 230 g/mol. The van der Waals surface area contributed by atoms with E-state index in [0.717, 1.165) is 24.4 Å². The SMILES string of the molecule is CCCn1cc(Oc2nc(C)cc(CN)n2)cn1. The van der Waals surface area contributed by atoms with Gasteiger partial charge in [0.25, 0.3) is 0 Å². The maximum Gasteiger partial charge on any atom is 0.322 e. The molecule has 0 amide bonds. The van der Waals surface area contributed by atoms with Gasteiger partial charge in [-0.25, -0.2) is 4.98 Å². The Hall–Kier alpha value is -1.95. The lowest BCUT2D eigenvalue weighted by molar-refractivity contribution is 0.436. The first-order valence-electron chi connectivity index (χ1n) is 5.96. The molecule has 0 fully saturated rings. The van der Waals surface area contributed by atoms with E-state index in [0.29, 0.717) is 18.3 Å². The van der Waals surface area contributed by atoms with Crippen LogP contribution in [0.2, 0.25) is 0 Å². The van der Waals surface area contributed by atoms with Crippen LogP contribution in [0, 0.1) is 6.92 Å². The Balaban J connectivity index is 2.14. The largest absolute Gasteiger partial charge is 0.421 e. The molecule has 96 valence electrons. The van der Waals surface area contributed by atoms with Crippen molar-refractivity contribution >= 4 is 0 Å². The standard InChI is InChI=1S/C12H17N5O/c1-3-4-17-8-11(7-14-17)18-12-15-9(2)5-10(6-13)16-12/h5,7-8H,3-4,6,13H2,1-2H3. The topological polar surface area (TPSA) is 78.9 Å². The monoisotopic (exact) mass is 247 g/mol. The number of ether oxygens (including phenoxy) is 1. The smallest absolute Gasteiger partial charge is 0.322 e. The van der Waals surface area contributed by atoms with Gasteiger partial charge >= 0.3 is 6.01 Å². The van der Waals surface area contributed by atoms with Gasteiger partial charge in [-0.3, -0.25) is 4.68 Å². The minimum absolute atomic E-state index is 0.312. The second kappa shape index (κ2) is 5.59. The van der Waals surface area contributed by atoms with Crippen LogP contribution in [0.4, 0.5) is 0 Å². The zero-order valence-corrected chi connectivity index (χ0v) is 10.6. The third kappa shape index (κ3) is 3.04. The molecule has 2 aromatic rings. The summed E-state index contributed by atoms with van der Waals surface area (Å²) in [6, 6.07) is 2.15. The highest BCUT2D eigenvalue weighted by molar-refractivity contribution is 5.19. The predicted molar refractivity (Wildman–Crippen MR) is 67.3 cm³/mol. The van der Waals surface area contributed by atoms with Gasteiger partial charge in [0.2, 0.25) is 0 Å². The molecule has 0 atom stereocenters. The van der Waals surface area contributed by atoms with Crippen molar-refractivity contribution in [3.63, 3.8) is 0 Å². The number of nitrogens with zero attached hydrogens (tertiary/aromatic N) is 4. The molecule has 2 N–H and O–H groups in total. The minimum atomic E-state index is 0.312. The van der Waals surface area contributed by atoms with Gasteiger partial charge in [0.1, 0.15) is 0 Å². The molecule has 6 nitrogen and oxygen atoms in total. The van der Waals surface area contributed by atoms with E-state index < -0.39 is 0 Å². The highest BCUT2D eigenvalue weighted by Crippen LogP contribution is 2.17. The Morgan fingerprint density at radius 1 is 1.39 bits per heavy atom. The fourth-order valence-electron chi connectivity index (χ4n) is 1.61. The Morgan fingerprint density at radius 3 is 2.94 bits per heavy atom. The molecule has 0 radical (unpaired) electrons. The lowest BCUT2D eigenvalue weighted by atomic mass is 10.3. The molecule has 0 aliphatic carbocycles. The molecule has 2 aromatic heterocycles. The summed E-state index contributed by atoms with van der Waals surface area (Å²) in [5.41, 5.74) is 7.16. The molecule has 18 heavy (non-hydrogen) atoms. The highest BCUT2D eigenvalue weighted by Gasteiger charge is 2.05. The summed E-state index contributed by atoms with van der Waals surface area (Å²) in [6.45, 7) is 5.22. The first-order valence-corrected chi connectivity index (χ1v) is 5.96. The van der Waals surface area contributed by atoms with Gasteiger partial charge in [-0.1, -0.05) is 6.92 Å². The first kappa shape index (κ1) is 12.5. The van der Waals surface area contributed by atoms with E-state index in [-0.39, 0.29) is 0 Å². The van der Waals surface area contributed by atoms with Crippen molar-refractivity contribution in [2.75, 3.05) is 0 Å². The molecule has 0 aromatic carbocycles. The van der Waals surface area contributed by atoms with E-state index in [9.17, 15) is 0 Å². The van der Waals surface area contributed by atoms with Gasteiger partial charge in [0.15, 0.2) is 5.75 Å².